The van der Waals surface area contributed by atoms with Gasteiger partial charge in [-0.05, 0) is 67.3 Å². The van der Waals surface area contributed by atoms with Crippen LogP contribution in [0.25, 0.3) is 38.8 Å². The van der Waals surface area contributed by atoms with Crippen molar-refractivity contribution in [1.82, 2.24) is 39.3 Å². The summed E-state index contributed by atoms with van der Waals surface area (Å²) in [6.07, 6.45) is 5.46. The van der Waals surface area contributed by atoms with Crippen LogP contribution in [0.1, 0.15) is 25.0 Å². The third-order valence-electron chi connectivity index (χ3n) is 11.7. The minimum Gasteiger partial charge on any atom is -0.488 e. The lowest BCUT2D eigenvalue weighted by atomic mass is 9.78. The summed E-state index contributed by atoms with van der Waals surface area (Å²) in [6, 6.07) is 17.1. The largest absolute Gasteiger partial charge is 0.488 e. The Bertz CT molecular complexity index is 2440. The van der Waals surface area contributed by atoms with Crippen molar-refractivity contribution in [2.45, 2.75) is 37.8 Å². The first-order valence-corrected chi connectivity index (χ1v) is 19.0. The lowest BCUT2D eigenvalue weighted by Crippen LogP contribution is -2.66. The highest BCUT2D eigenvalue weighted by Crippen LogP contribution is 2.39. The SMILES string of the molecule is Cn1nc2cccc3c2c1CCCN(CCCN1CC2(COC2)C1)C(=O)[C@@H]1C[C@@H](CN1c1ncnc2c1cnn2-c1ccc(F)cc1F)Oc1cccc-3c1. The number of likely N-dealkylation sites (tertiary alicyclic amines) is 1. The minimum absolute atomic E-state index is 0.0153. The second kappa shape index (κ2) is 13.4. The van der Waals surface area contributed by atoms with Gasteiger partial charge in [0, 0.05) is 62.2 Å². The number of amides is 1. The molecule has 4 aliphatic heterocycles. The zero-order valence-corrected chi connectivity index (χ0v) is 30.6. The van der Waals surface area contributed by atoms with Crippen LogP contribution < -0.4 is 9.64 Å². The second-order valence-corrected chi connectivity index (χ2v) is 15.5. The van der Waals surface area contributed by atoms with Crippen molar-refractivity contribution in [3.05, 3.63) is 90.5 Å². The van der Waals surface area contributed by atoms with Crippen molar-refractivity contribution < 1.29 is 23.0 Å². The Morgan fingerprint density at radius 1 is 1.00 bits per heavy atom. The van der Waals surface area contributed by atoms with Crippen LogP contribution >= 0.6 is 0 Å². The molecular formula is C41H41F2N9O3. The van der Waals surface area contributed by atoms with E-state index in [2.05, 4.69) is 39.2 Å². The second-order valence-electron chi connectivity index (χ2n) is 15.5. The highest BCUT2D eigenvalue weighted by atomic mass is 19.1. The van der Waals surface area contributed by atoms with Gasteiger partial charge >= 0.3 is 0 Å². The summed E-state index contributed by atoms with van der Waals surface area (Å²) in [5, 5.41) is 11.0. The Kier molecular flexibility index (Phi) is 8.28. The molecule has 10 rings (SSSR count). The monoisotopic (exact) mass is 745 g/mol. The van der Waals surface area contributed by atoms with Gasteiger partial charge < -0.3 is 24.2 Å². The molecule has 2 atom stereocenters. The molecule has 0 unspecified atom stereocenters. The topological polar surface area (TPSA) is 107 Å². The Morgan fingerprint density at radius 2 is 1.87 bits per heavy atom. The van der Waals surface area contributed by atoms with Gasteiger partial charge in [-0.3, -0.25) is 9.48 Å². The molecule has 3 aromatic carbocycles. The van der Waals surface area contributed by atoms with Crippen LogP contribution in [0.4, 0.5) is 14.6 Å². The molecule has 0 radical (unpaired) electrons. The summed E-state index contributed by atoms with van der Waals surface area (Å²) in [7, 11) is 1.99. The number of aryl methyl sites for hydroxylation is 2. The number of aromatic nitrogens is 6. The fourth-order valence-corrected chi connectivity index (χ4v) is 9.11. The van der Waals surface area contributed by atoms with Crippen LogP contribution in [-0.4, -0.2) is 110 Å². The molecule has 0 saturated carbocycles. The molecule has 14 heteroatoms. The molecular weight excluding hydrogens is 705 g/mol. The summed E-state index contributed by atoms with van der Waals surface area (Å²) in [6.45, 7) is 6.29. The molecule has 12 nitrogen and oxygen atoms in total. The standard InChI is InChI=1S/C41H41F2N9O3/c1-48-35-10-4-14-50(15-5-13-49-21-41(22-49)23-54-24-41)40(53)36-18-29(55-28-7-2-6-26(16-28)30-8-3-9-33(47-48)37(30)35)20-51(36)38-31-19-46-52(39(31)45-25-44-38)34-12-11-27(42)17-32(34)43/h2-3,6-9,11-12,16-17,19,25,29,36H,4-5,10,13-15,18,20-24H2,1H3/t29-,36-/m0/s1. The normalized spacial score (nSPS) is 21.0. The van der Waals surface area contributed by atoms with Crippen LogP contribution in [0.3, 0.4) is 0 Å². The number of ether oxygens (including phenoxy) is 2. The van der Waals surface area contributed by atoms with Crippen LogP contribution in [-0.2, 0) is 23.0 Å². The molecule has 4 aliphatic rings. The van der Waals surface area contributed by atoms with Gasteiger partial charge in [0.25, 0.3) is 0 Å². The van der Waals surface area contributed by atoms with E-state index in [0.29, 0.717) is 54.1 Å². The first-order valence-electron chi connectivity index (χ1n) is 19.0. The smallest absolute Gasteiger partial charge is 0.245 e. The number of anilines is 1. The van der Waals surface area contributed by atoms with Crippen molar-refractivity contribution >= 4 is 33.7 Å². The van der Waals surface area contributed by atoms with E-state index in [4.69, 9.17) is 19.6 Å². The van der Waals surface area contributed by atoms with Crippen LogP contribution in [0.5, 0.6) is 5.75 Å². The number of hydrogen-bond acceptors (Lipinski definition) is 9. The number of halogens is 2. The highest BCUT2D eigenvalue weighted by Gasteiger charge is 2.48. The summed E-state index contributed by atoms with van der Waals surface area (Å²) in [4.78, 5) is 30.6. The van der Waals surface area contributed by atoms with E-state index in [1.807, 2.05) is 39.7 Å². The Morgan fingerprint density at radius 3 is 2.71 bits per heavy atom. The molecule has 0 aliphatic carbocycles. The van der Waals surface area contributed by atoms with E-state index in [0.717, 1.165) is 85.9 Å². The maximum atomic E-state index is 15.0. The van der Waals surface area contributed by atoms with Crippen molar-refractivity contribution in [2.24, 2.45) is 12.5 Å². The molecule has 3 aromatic heterocycles. The molecule has 7 heterocycles. The summed E-state index contributed by atoms with van der Waals surface area (Å²) in [5.41, 5.74) is 4.96. The number of fused-ring (bicyclic) bond motifs is 6. The van der Waals surface area contributed by atoms with Crippen LogP contribution in [0.15, 0.2) is 73.2 Å². The van der Waals surface area contributed by atoms with E-state index < -0.39 is 17.7 Å². The molecule has 6 aromatic rings. The van der Waals surface area contributed by atoms with Gasteiger partial charge in [-0.1, -0.05) is 24.3 Å². The van der Waals surface area contributed by atoms with Gasteiger partial charge in [-0.2, -0.15) is 10.2 Å². The summed E-state index contributed by atoms with van der Waals surface area (Å²) < 4.78 is 44.3. The zero-order chi connectivity index (χ0) is 37.3. The maximum absolute atomic E-state index is 15.0. The Hall–Kier alpha value is -5.47. The van der Waals surface area contributed by atoms with Gasteiger partial charge in [0.2, 0.25) is 5.91 Å². The molecule has 282 valence electrons. The van der Waals surface area contributed by atoms with Gasteiger partial charge in [0.1, 0.15) is 41.5 Å². The number of hydrogen-bond donors (Lipinski definition) is 0. The molecule has 4 bridgehead atoms. The van der Waals surface area contributed by atoms with Crippen molar-refractivity contribution in [1.29, 1.82) is 0 Å². The lowest BCUT2D eigenvalue weighted by molar-refractivity contribution is -0.188. The van der Waals surface area contributed by atoms with E-state index >= 15 is 0 Å². The average Bonchev–Trinajstić information content (AvgIpc) is 3.85. The van der Waals surface area contributed by atoms with Crippen LogP contribution in [0.2, 0.25) is 0 Å². The fraction of sp³-hybridized carbons (Fsp3) is 0.390. The molecule has 1 spiro atoms. The van der Waals surface area contributed by atoms with E-state index in [9.17, 15) is 13.6 Å². The number of nitrogens with zero attached hydrogens (tertiary/aromatic N) is 9. The fourth-order valence-electron chi connectivity index (χ4n) is 9.11. The van der Waals surface area contributed by atoms with Gasteiger partial charge in [-0.25, -0.2) is 23.4 Å². The number of carbonyl (C=O) groups excluding carboxylic acids is 1. The third kappa shape index (κ3) is 5.98. The predicted molar refractivity (Wildman–Crippen MR) is 202 cm³/mol. The Balaban J connectivity index is 1.01. The molecule has 1 amide bonds. The molecule has 0 N–H and O–H groups in total. The van der Waals surface area contributed by atoms with Gasteiger partial charge in [0.15, 0.2) is 11.5 Å². The zero-order valence-electron chi connectivity index (χ0n) is 30.6. The van der Waals surface area contributed by atoms with Crippen molar-refractivity contribution in [3.63, 3.8) is 0 Å². The van der Waals surface area contributed by atoms with Crippen LogP contribution in [0, 0.1) is 17.0 Å². The minimum atomic E-state index is -0.761. The lowest BCUT2D eigenvalue weighted by Gasteiger charge is -2.55. The molecule has 3 fully saturated rings. The predicted octanol–water partition coefficient (Wildman–Crippen LogP) is 5.17. The molecule has 55 heavy (non-hydrogen) atoms. The number of carbonyl (C=O) groups is 1. The number of benzene rings is 3. The quantitative estimate of drug-likeness (QED) is 0.228. The average molecular weight is 746 g/mol. The van der Waals surface area contributed by atoms with E-state index in [1.54, 1.807) is 6.20 Å². The van der Waals surface area contributed by atoms with Gasteiger partial charge in [-0.15, -0.1) is 0 Å². The van der Waals surface area contributed by atoms with Crippen molar-refractivity contribution in [2.75, 3.05) is 57.4 Å². The highest BCUT2D eigenvalue weighted by molar-refractivity contribution is 5.97. The molecule has 3 saturated heterocycles. The summed E-state index contributed by atoms with van der Waals surface area (Å²) in [5.74, 6) is -0.207. The number of rotatable bonds is 6. The van der Waals surface area contributed by atoms with E-state index in [-0.39, 0.29) is 17.7 Å². The maximum Gasteiger partial charge on any atom is 0.245 e. The van der Waals surface area contributed by atoms with Gasteiger partial charge in [0.05, 0.1) is 36.9 Å². The third-order valence-corrected chi connectivity index (χ3v) is 11.7. The first kappa shape index (κ1) is 34.1. The first-order chi connectivity index (χ1) is 26.8. The summed E-state index contributed by atoms with van der Waals surface area (Å²) >= 11 is 0. The van der Waals surface area contributed by atoms with Crippen molar-refractivity contribution in [3.8, 4) is 22.6 Å². The van der Waals surface area contributed by atoms with E-state index in [1.165, 1.54) is 23.1 Å². The Labute approximate surface area is 316 Å².